The number of aryl methyl sites for hydroxylation is 1. The third-order valence-electron chi connectivity index (χ3n) is 2.64. The van der Waals surface area contributed by atoms with Gasteiger partial charge in [-0.25, -0.2) is 4.79 Å². The number of carboxylic acid groups (broad SMARTS) is 1. The van der Waals surface area contributed by atoms with Crippen LogP contribution in [0.4, 0.5) is 4.79 Å². The predicted molar refractivity (Wildman–Crippen MR) is 70.7 cm³/mol. The number of carboxylic acids is 1. The van der Waals surface area contributed by atoms with Crippen LogP contribution in [0, 0.1) is 0 Å². The highest BCUT2D eigenvalue weighted by Crippen LogP contribution is 2.05. The SMILES string of the molecule is CCc1cccnc1CNC(=O)NC(C)CC(=O)O. The zero-order valence-corrected chi connectivity index (χ0v) is 11.1. The fraction of sp³-hybridized carbons (Fsp3) is 0.462. The fourth-order valence-corrected chi connectivity index (χ4v) is 1.70. The first-order valence-electron chi connectivity index (χ1n) is 6.21. The van der Waals surface area contributed by atoms with Gasteiger partial charge in [0.15, 0.2) is 0 Å². The van der Waals surface area contributed by atoms with E-state index in [4.69, 9.17) is 5.11 Å². The molecule has 2 amide bonds. The summed E-state index contributed by atoms with van der Waals surface area (Å²) in [4.78, 5) is 26.2. The summed E-state index contributed by atoms with van der Waals surface area (Å²) in [5.74, 6) is -0.939. The Balaban J connectivity index is 2.43. The number of carbonyl (C=O) groups is 2. The molecule has 0 radical (unpaired) electrons. The molecule has 104 valence electrons. The second-order valence-electron chi connectivity index (χ2n) is 4.29. The molecule has 0 aliphatic rings. The van der Waals surface area contributed by atoms with Gasteiger partial charge in [-0.15, -0.1) is 0 Å². The first-order valence-corrected chi connectivity index (χ1v) is 6.21. The number of hydrogen-bond acceptors (Lipinski definition) is 3. The zero-order chi connectivity index (χ0) is 14.3. The number of carbonyl (C=O) groups excluding carboxylic acids is 1. The maximum atomic E-state index is 11.6. The third kappa shape index (κ3) is 5.37. The Bertz CT molecular complexity index is 449. The molecule has 6 heteroatoms. The van der Waals surface area contributed by atoms with Gasteiger partial charge in [-0.3, -0.25) is 9.78 Å². The number of aromatic nitrogens is 1. The van der Waals surface area contributed by atoms with Gasteiger partial charge in [0.25, 0.3) is 0 Å². The van der Waals surface area contributed by atoms with E-state index in [9.17, 15) is 9.59 Å². The first kappa shape index (κ1) is 14.9. The Morgan fingerprint density at radius 2 is 2.21 bits per heavy atom. The number of rotatable bonds is 6. The highest BCUT2D eigenvalue weighted by atomic mass is 16.4. The summed E-state index contributed by atoms with van der Waals surface area (Å²) in [5, 5.41) is 13.8. The molecule has 6 nitrogen and oxygen atoms in total. The van der Waals surface area contributed by atoms with Gasteiger partial charge < -0.3 is 15.7 Å². The van der Waals surface area contributed by atoms with Crippen molar-refractivity contribution in [3.63, 3.8) is 0 Å². The number of amides is 2. The first-order chi connectivity index (χ1) is 9.02. The quantitative estimate of drug-likeness (QED) is 0.723. The molecule has 0 saturated heterocycles. The fourth-order valence-electron chi connectivity index (χ4n) is 1.70. The van der Waals surface area contributed by atoms with Crippen LogP contribution in [0.15, 0.2) is 18.3 Å². The summed E-state index contributed by atoms with van der Waals surface area (Å²) >= 11 is 0. The van der Waals surface area contributed by atoms with Gasteiger partial charge in [0.1, 0.15) is 0 Å². The molecule has 1 rings (SSSR count). The van der Waals surface area contributed by atoms with E-state index in [1.807, 2.05) is 19.1 Å². The summed E-state index contributed by atoms with van der Waals surface area (Å²) in [6, 6.07) is 3.03. The molecular formula is C13H19N3O3. The standard InChI is InChI=1S/C13H19N3O3/c1-3-10-5-4-6-14-11(10)8-15-13(19)16-9(2)7-12(17)18/h4-6,9H,3,7-8H2,1-2H3,(H,17,18)(H2,15,16,19). The van der Waals surface area contributed by atoms with Crippen molar-refractivity contribution in [3.05, 3.63) is 29.6 Å². The number of nitrogens with one attached hydrogen (secondary N) is 2. The van der Waals surface area contributed by atoms with Crippen LogP contribution in [0.2, 0.25) is 0 Å². The molecule has 0 aromatic carbocycles. The van der Waals surface area contributed by atoms with Crippen molar-refractivity contribution in [1.82, 2.24) is 15.6 Å². The normalized spacial score (nSPS) is 11.7. The zero-order valence-electron chi connectivity index (χ0n) is 11.1. The maximum Gasteiger partial charge on any atom is 0.315 e. The van der Waals surface area contributed by atoms with Crippen molar-refractivity contribution < 1.29 is 14.7 Å². The van der Waals surface area contributed by atoms with E-state index in [1.165, 1.54) is 0 Å². The monoisotopic (exact) mass is 265 g/mol. The van der Waals surface area contributed by atoms with Gasteiger partial charge in [0.2, 0.25) is 0 Å². The summed E-state index contributed by atoms with van der Waals surface area (Å²) in [6.45, 7) is 4.00. The molecule has 1 aromatic rings. The number of pyridine rings is 1. The Kier molecular flexibility index (Phi) is 5.78. The molecular weight excluding hydrogens is 246 g/mol. The lowest BCUT2D eigenvalue weighted by molar-refractivity contribution is -0.137. The molecule has 19 heavy (non-hydrogen) atoms. The van der Waals surface area contributed by atoms with Gasteiger partial charge in [-0.1, -0.05) is 13.0 Å². The van der Waals surface area contributed by atoms with Gasteiger partial charge in [-0.2, -0.15) is 0 Å². The molecule has 1 unspecified atom stereocenters. The van der Waals surface area contributed by atoms with E-state index in [-0.39, 0.29) is 12.5 Å². The highest BCUT2D eigenvalue weighted by Gasteiger charge is 2.11. The van der Waals surface area contributed by atoms with Crippen molar-refractivity contribution in [2.45, 2.75) is 39.3 Å². The molecule has 0 aliphatic carbocycles. The molecule has 0 bridgehead atoms. The van der Waals surface area contributed by atoms with E-state index in [1.54, 1.807) is 13.1 Å². The molecule has 0 aliphatic heterocycles. The molecule has 0 fully saturated rings. The average Bonchev–Trinajstić information content (AvgIpc) is 2.35. The minimum atomic E-state index is -0.939. The lowest BCUT2D eigenvalue weighted by Gasteiger charge is -2.13. The third-order valence-corrected chi connectivity index (χ3v) is 2.64. The largest absolute Gasteiger partial charge is 0.481 e. The second kappa shape index (κ2) is 7.35. The van der Waals surface area contributed by atoms with Crippen molar-refractivity contribution in [2.75, 3.05) is 0 Å². The predicted octanol–water partition coefficient (Wildman–Crippen LogP) is 1.31. The van der Waals surface area contributed by atoms with Crippen molar-refractivity contribution in [3.8, 4) is 0 Å². The van der Waals surface area contributed by atoms with Gasteiger partial charge in [0, 0.05) is 12.2 Å². The van der Waals surface area contributed by atoms with Crippen LogP contribution in [-0.4, -0.2) is 28.1 Å². The Morgan fingerprint density at radius 3 is 2.84 bits per heavy atom. The smallest absolute Gasteiger partial charge is 0.315 e. The lowest BCUT2D eigenvalue weighted by atomic mass is 10.1. The van der Waals surface area contributed by atoms with E-state index in [0.717, 1.165) is 17.7 Å². The van der Waals surface area contributed by atoms with Crippen molar-refractivity contribution >= 4 is 12.0 Å². The minimum Gasteiger partial charge on any atom is -0.481 e. The summed E-state index contributed by atoms with van der Waals surface area (Å²) in [5.41, 5.74) is 1.91. The Morgan fingerprint density at radius 1 is 1.47 bits per heavy atom. The van der Waals surface area contributed by atoms with Crippen LogP contribution >= 0.6 is 0 Å². The Labute approximate surface area is 112 Å². The lowest BCUT2D eigenvalue weighted by Crippen LogP contribution is -2.41. The van der Waals surface area contributed by atoms with E-state index in [0.29, 0.717) is 6.54 Å². The summed E-state index contributed by atoms with van der Waals surface area (Å²) in [6.07, 6.45) is 2.43. The number of urea groups is 1. The number of hydrogen-bond donors (Lipinski definition) is 3. The minimum absolute atomic E-state index is 0.1000. The molecule has 1 aromatic heterocycles. The molecule has 0 saturated carbocycles. The molecule has 3 N–H and O–H groups in total. The van der Waals surface area contributed by atoms with Crippen LogP contribution in [0.3, 0.4) is 0 Å². The topological polar surface area (TPSA) is 91.3 Å². The second-order valence-corrected chi connectivity index (χ2v) is 4.29. The van der Waals surface area contributed by atoms with Crippen LogP contribution in [0.5, 0.6) is 0 Å². The van der Waals surface area contributed by atoms with E-state index >= 15 is 0 Å². The van der Waals surface area contributed by atoms with Crippen LogP contribution < -0.4 is 10.6 Å². The van der Waals surface area contributed by atoms with E-state index in [2.05, 4.69) is 15.6 Å². The number of aliphatic carboxylic acids is 1. The summed E-state index contributed by atoms with van der Waals surface area (Å²) in [7, 11) is 0. The summed E-state index contributed by atoms with van der Waals surface area (Å²) < 4.78 is 0. The van der Waals surface area contributed by atoms with Crippen LogP contribution in [-0.2, 0) is 17.8 Å². The van der Waals surface area contributed by atoms with Gasteiger partial charge >= 0.3 is 12.0 Å². The van der Waals surface area contributed by atoms with Crippen molar-refractivity contribution in [2.24, 2.45) is 0 Å². The Hall–Kier alpha value is -2.11. The molecule has 1 heterocycles. The van der Waals surface area contributed by atoms with E-state index < -0.39 is 12.0 Å². The maximum absolute atomic E-state index is 11.6. The van der Waals surface area contributed by atoms with Gasteiger partial charge in [-0.05, 0) is 25.0 Å². The highest BCUT2D eigenvalue weighted by molar-refractivity contribution is 5.75. The van der Waals surface area contributed by atoms with Crippen LogP contribution in [0.25, 0.3) is 0 Å². The molecule has 1 atom stereocenters. The van der Waals surface area contributed by atoms with Gasteiger partial charge in [0.05, 0.1) is 18.7 Å². The molecule has 0 spiro atoms. The van der Waals surface area contributed by atoms with Crippen LogP contribution in [0.1, 0.15) is 31.5 Å². The van der Waals surface area contributed by atoms with Crippen molar-refractivity contribution in [1.29, 1.82) is 0 Å². The average molecular weight is 265 g/mol. The number of nitrogens with zero attached hydrogens (tertiary/aromatic N) is 1.